The first-order valence-corrected chi connectivity index (χ1v) is 9.29. The third-order valence-electron chi connectivity index (χ3n) is 5.20. The zero-order chi connectivity index (χ0) is 19.0. The summed E-state index contributed by atoms with van der Waals surface area (Å²) in [6.07, 6.45) is -0.760. The fourth-order valence-electron chi connectivity index (χ4n) is 3.87. The van der Waals surface area contributed by atoms with E-state index in [9.17, 15) is 5.11 Å². The third kappa shape index (κ3) is 3.26. The Bertz CT molecular complexity index is 1070. The summed E-state index contributed by atoms with van der Waals surface area (Å²) in [6.45, 7) is 7.13. The number of hydrogen-bond acceptors (Lipinski definition) is 2. The van der Waals surface area contributed by atoms with Gasteiger partial charge in [-0.25, -0.2) is 4.98 Å². The topological polar surface area (TPSA) is 38.0 Å². The molecule has 0 radical (unpaired) electrons. The third-order valence-corrected chi connectivity index (χ3v) is 5.20. The van der Waals surface area contributed by atoms with Gasteiger partial charge in [-0.2, -0.15) is 0 Å². The lowest BCUT2D eigenvalue weighted by Crippen LogP contribution is -2.12. The molecule has 4 aromatic rings. The van der Waals surface area contributed by atoms with Crippen molar-refractivity contribution < 1.29 is 5.11 Å². The number of rotatable bonds is 4. The highest BCUT2D eigenvalue weighted by atomic mass is 16.3. The lowest BCUT2D eigenvalue weighted by Gasteiger charge is -2.17. The Balaban J connectivity index is 1.87. The zero-order valence-corrected chi connectivity index (χ0v) is 16.0. The fraction of sp³-hybridized carbons (Fsp3) is 0.208. The summed E-state index contributed by atoms with van der Waals surface area (Å²) in [4.78, 5) is 4.77. The van der Waals surface area contributed by atoms with Gasteiger partial charge in [0.1, 0.15) is 11.9 Å². The van der Waals surface area contributed by atoms with Crippen molar-refractivity contribution in [3.05, 3.63) is 100 Å². The molecular formula is C24H24N2O. The van der Waals surface area contributed by atoms with Crippen LogP contribution in [0, 0.1) is 20.8 Å². The fourth-order valence-corrected chi connectivity index (χ4v) is 3.87. The molecule has 0 amide bonds. The molecule has 136 valence electrons. The highest BCUT2D eigenvalue weighted by Gasteiger charge is 2.20. The second-order valence-corrected chi connectivity index (χ2v) is 7.24. The molecule has 1 heterocycles. The van der Waals surface area contributed by atoms with Crippen molar-refractivity contribution in [2.45, 2.75) is 33.4 Å². The van der Waals surface area contributed by atoms with Gasteiger partial charge in [0.15, 0.2) is 0 Å². The lowest BCUT2D eigenvalue weighted by atomic mass is 9.99. The first kappa shape index (κ1) is 17.5. The van der Waals surface area contributed by atoms with Crippen LogP contribution in [-0.2, 0) is 6.54 Å². The van der Waals surface area contributed by atoms with E-state index in [0.717, 1.165) is 16.6 Å². The van der Waals surface area contributed by atoms with Crippen molar-refractivity contribution in [3.8, 4) is 0 Å². The van der Waals surface area contributed by atoms with Gasteiger partial charge in [0.2, 0.25) is 0 Å². The van der Waals surface area contributed by atoms with Gasteiger partial charge in [-0.05, 0) is 55.2 Å². The second kappa shape index (κ2) is 7.01. The largest absolute Gasteiger partial charge is 0.380 e. The van der Waals surface area contributed by atoms with Crippen LogP contribution in [0.4, 0.5) is 0 Å². The summed E-state index contributed by atoms with van der Waals surface area (Å²) in [5, 5.41) is 11.1. The Kier molecular flexibility index (Phi) is 4.54. The molecule has 4 rings (SSSR count). The molecule has 1 aromatic heterocycles. The molecule has 0 bridgehead atoms. The Morgan fingerprint density at radius 1 is 0.889 bits per heavy atom. The molecule has 3 nitrogen and oxygen atoms in total. The monoisotopic (exact) mass is 356 g/mol. The summed E-state index contributed by atoms with van der Waals surface area (Å²) in [5.74, 6) is 0.682. The number of para-hydroxylation sites is 2. The summed E-state index contributed by atoms with van der Waals surface area (Å²) in [5.41, 5.74) is 7.90. The number of aliphatic hydroxyl groups is 1. The first-order chi connectivity index (χ1) is 13.0. The smallest absolute Gasteiger partial charge is 0.143 e. The van der Waals surface area contributed by atoms with Crippen LogP contribution in [0.5, 0.6) is 0 Å². The van der Waals surface area contributed by atoms with Crippen molar-refractivity contribution in [1.82, 2.24) is 9.55 Å². The SMILES string of the molecule is Cc1cc(C)c(Cn2c([C@@H](O)c3ccccc3)nc3ccccc32)c(C)c1. The molecule has 3 heteroatoms. The minimum Gasteiger partial charge on any atom is -0.380 e. The molecule has 0 spiro atoms. The standard InChI is InChI=1S/C24H24N2O/c1-16-13-17(2)20(18(3)14-16)15-26-22-12-8-7-11-21(22)25-24(26)23(27)19-9-5-4-6-10-19/h4-14,23,27H,15H2,1-3H3/t23-/m0/s1. The number of benzene rings is 3. The Labute approximate surface area is 159 Å². The van der Waals surface area contributed by atoms with Crippen molar-refractivity contribution in [3.63, 3.8) is 0 Å². The number of aliphatic hydroxyl groups excluding tert-OH is 1. The van der Waals surface area contributed by atoms with Crippen LogP contribution < -0.4 is 0 Å². The highest BCUT2D eigenvalue weighted by molar-refractivity contribution is 5.76. The summed E-state index contributed by atoms with van der Waals surface area (Å²) in [7, 11) is 0. The van der Waals surface area contributed by atoms with E-state index < -0.39 is 6.10 Å². The molecule has 0 saturated heterocycles. The van der Waals surface area contributed by atoms with Crippen LogP contribution in [0.15, 0.2) is 66.7 Å². The van der Waals surface area contributed by atoms with Gasteiger partial charge in [0, 0.05) is 6.54 Å². The van der Waals surface area contributed by atoms with Gasteiger partial charge in [-0.3, -0.25) is 0 Å². The van der Waals surface area contributed by atoms with Crippen LogP contribution in [0.1, 0.15) is 39.7 Å². The van der Waals surface area contributed by atoms with Gasteiger partial charge >= 0.3 is 0 Å². The van der Waals surface area contributed by atoms with Crippen LogP contribution in [0.3, 0.4) is 0 Å². The zero-order valence-electron chi connectivity index (χ0n) is 16.0. The number of imidazole rings is 1. The number of fused-ring (bicyclic) bond motifs is 1. The maximum atomic E-state index is 11.1. The average molecular weight is 356 g/mol. The van der Waals surface area contributed by atoms with E-state index in [1.54, 1.807) is 0 Å². The molecule has 0 aliphatic heterocycles. The molecule has 0 saturated carbocycles. The predicted octanol–water partition coefficient (Wildman–Crippen LogP) is 5.09. The van der Waals surface area contributed by atoms with Crippen molar-refractivity contribution >= 4 is 11.0 Å². The van der Waals surface area contributed by atoms with E-state index in [-0.39, 0.29) is 0 Å². The molecule has 0 aliphatic carbocycles. The van der Waals surface area contributed by atoms with Crippen LogP contribution in [0.2, 0.25) is 0 Å². The van der Waals surface area contributed by atoms with E-state index in [0.29, 0.717) is 12.4 Å². The van der Waals surface area contributed by atoms with Gasteiger partial charge < -0.3 is 9.67 Å². The minimum absolute atomic E-state index is 0.682. The van der Waals surface area contributed by atoms with Crippen molar-refractivity contribution in [2.24, 2.45) is 0 Å². The maximum absolute atomic E-state index is 11.1. The number of nitrogens with zero attached hydrogens (tertiary/aromatic N) is 2. The maximum Gasteiger partial charge on any atom is 0.143 e. The molecule has 0 unspecified atom stereocenters. The number of aromatic nitrogens is 2. The van der Waals surface area contributed by atoms with Crippen LogP contribution in [0.25, 0.3) is 11.0 Å². The van der Waals surface area contributed by atoms with E-state index in [1.165, 1.54) is 22.3 Å². The average Bonchev–Trinajstić information content (AvgIpc) is 3.03. The Morgan fingerprint density at radius 3 is 2.22 bits per heavy atom. The predicted molar refractivity (Wildman–Crippen MR) is 110 cm³/mol. The molecule has 0 aliphatic rings. The number of hydrogen-bond donors (Lipinski definition) is 1. The van der Waals surface area contributed by atoms with E-state index in [1.807, 2.05) is 48.5 Å². The van der Waals surface area contributed by atoms with Crippen LogP contribution >= 0.6 is 0 Å². The second-order valence-electron chi connectivity index (χ2n) is 7.24. The van der Waals surface area contributed by atoms with E-state index in [2.05, 4.69) is 43.5 Å². The van der Waals surface area contributed by atoms with E-state index in [4.69, 9.17) is 4.98 Å². The lowest BCUT2D eigenvalue weighted by molar-refractivity contribution is 0.206. The Morgan fingerprint density at radius 2 is 1.52 bits per heavy atom. The van der Waals surface area contributed by atoms with Crippen molar-refractivity contribution in [2.75, 3.05) is 0 Å². The summed E-state index contributed by atoms with van der Waals surface area (Å²) < 4.78 is 2.15. The Hall–Kier alpha value is -2.91. The normalized spacial score (nSPS) is 12.4. The quantitative estimate of drug-likeness (QED) is 0.553. The molecule has 1 N–H and O–H groups in total. The van der Waals surface area contributed by atoms with Crippen molar-refractivity contribution in [1.29, 1.82) is 0 Å². The summed E-state index contributed by atoms with van der Waals surface area (Å²) in [6, 6.07) is 22.2. The van der Waals surface area contributed by atoms with E-state index >= 15 is 0 Å². The minimum atomic E-state index is -0.760. The molecule has 3 aromatic carbocycles. The number of aryl methyl sites for hydroxylation is 3. The molecule has 0 fully saturated rings. The molecule has 27 heavy (non-hydrogen) atoms. The van der Waals surface area contributed by atoms with Gasteiger partial charge in [0.25, 0.3) is 0 Å². The van der Waals surface area contributed by atoms with Gasteiger partial charge in [-0.15, -0.1) is 0 Å². The highest BCUT2D eigenvalue weighted by Crippen LogP contribution is 2.28. The molecule has 1 atom stereocenters. The van der Waals surface area contributed by atoms with Gasteiger partial charge in [0.05, 0.1) is 11.0 Å². The molecular weight excluding hydrogens is 332 g/mol. The van der Waals surface area contributed by atoms with Crippen LogP contribution in [-0.4, -0.2) is 14.7 Å². The van der Waals surface area contributed by atoms with Gasteiger partial charge in [-0.1, -0.05) is 60.2 Å². The first-order valence-electron chi connectivity index (χ1n) is 9.29. The summed E-state index contributed by atoms with van der Waals surface area (Å²) >= 11 is 0.